The Morgan fingerprint density at radius 3 is 2.33 bits per heavy atom. The van der Waals surface area contributed by atoms with Gasteiger partial charge in [0.1, 0.15) is 17.2 Å². The van der Waals surface area contributed by atoms with Gasteiger partial charge >= 0.3 is 0 Å². The zero-order valence-corrected chi connectivity index (χ0v) is 25.5. The molecular formula is C37H35N3O5. The fourth-order valence-corrected chi connectivity index (χ4v) is 6.17. The van der Waals surface area contributed by atoms with Gasteiger partial charge in [0.25, 0.3) is 11.5 Å². The molecule has 2 heterocycles. The van der Waals surface area contributed by atoms with Crippen LogP contribution >= 0.6 is 0 Å². The second kappa shape index (κ2) is 12.6. The van der Waals surface area contributed by atoms with Crippen molar-refractivity contribution in [2.75, 3.05) is 20.8 Å². The maximum Gasteiger partial charge on any atom is 0.258 e. The van der Waals surface area contributed by atoms with E-state index in [1.807, 2.05) is 72.8 Å². The number of carbonyl (C=O) groups excluding carboxylic acids is 1. The Morgan fingerprint density at radius 1 is 0.889 bits per heavy atom. The van der Waals surface area contributed by atoms with E-state index in [4.69, 9.17) is 9.47 Å². The van der Waals surface area contributed by atoms with Crippen molar-refractivity contribution in [1.29, 1.82) is 0 Å². The zero-order chi connectivity index (χ0) is 31.5. The van der Waals surface area contributed by atoms with E-state index in [9.17, 15) is 14.7 Å². The summed E-state index contributed by atoms with van der Waals surface area (Å²) >= 11 is 0. The molecule has 0 aliphatic rings. The number of aromatic hydroxyl groups is 1. The van der Waals surface area contributed by atoms with Gasteiger partial charge in [0.05, 0.1) is 36.8 Å². The highest BCUT2D eigenvalue weighted by Crippen LogP contribution is 2.41. The molecule has 1 unspecified atom stereocenters. The van der Waals surface area contributed by atoms with Crippen LogP contribution < -0.4 is 20.3 Å². The van der Waals surface area contributed by atoms with Crippen LogP contribution in [0.25, 0.3) is 21.8 Å². The van der Waals surface area contributed by atoms with Crippen LogP contribution in [-0.2, 0) is 13.5 Å². The lowest BCUT2D eigenvalue weighted by Gasteiger charge is -2.22. The molecule has 0 saturated carbocycles. The Kier molecular flexibility index (Phi) is 8.29. The molecule has 0 aliphatic carbocycles. The fraction of sp³-hybridized carbons (Fsp3) is 0.189. The molecular weight excluding hydrogens is 566 g/mol. The number of methoxy groups -OCH3 is 2. The van der Waals surface area contributed by atoms with Crippen LogP contribution in [0.15, 0.2) is 102 Å². The van der Waals surface area contributed by atoms with E-state index in [0.29, 0.717) is 52.9 Å². The summed E-state index contributed by atoms with van der Waals surface area (Å²) in [4.78, 5) is 30.6. The topological polar surface area (TPSA) is 106 Å². The molecule has 8 heteroatoms. The molecule has 1 amide bonds. The molecule has 6 rings (SSSR count). The molecule has 3 N–H and O–H groups in total. The predicted octanol–water partition coefficient (Wildman–Crippen LogP) is 6.29. The van der Waals surface area contributed by atoms with Crippen molar-refractivity contribution in [3.63, 3.8) is 0 Å². The number of carbonyl (C=O) groups is 1. The van der Waals surface area contributed by atoms with Crippen molar-refractivity contribution in [1.82, 2.24) is 14.9 Å². The number of hydrogen-bond acceptors (Lipinski definition) is 5. The number of ether oxygens (including phenoxy) is 2. The highest BCUT2D eigenvalue weighted by atomic mass is 16.5. The molecule has 6 aromatic rings. The van der Waals surface area contributed by atoms with Crippen LogP contribution in [0.2, 0.25) is 0 Å². The molecule has 228 valence electrons. The quantitative estimate of drug-likeness (QED) is 0.160. The molecule has 4 aromatic carbocycles. The number of hydrogen-bond donors (Lipinski definition) is 3. The first-order valence-electron chi connectivity index (χ1n) is 14.9. The number of H-pyrrole nitrogens is 1. The van der Waals surface area contributed by atoms with Crippen molar-refractivity contribution >= 4 is 27.7 Å². The summed E-state index contributed by atoms with van der Waals surface area (Å²) in [5.41, 5.74) is 4.74. The van der Waals surface area contributed by atoms with E-state index in [0.717, 1.165) is 27.7 Å². The number of nitrogens with zero attached hydrogens (tertiary/aromatic N) is 1. The van der Waals surface area contributed by atoms with Gasteiger partial charge in [0.2, 0.25) is 0 Å². The molecule has 0 radical (unpaired) electrons. The lowest BCUT2D eigenvalue weighted by molar-refractivity contribution is 0.0950. The monoisotopic (exact) mass is 601 g/mol. The smallest absolute Gasteiger partial charge is 0.258 e. The average Bonchev–Trinajstić information content (AvgIpc) is 3.45. The van der Waals surface area contributed by atoms with E-state index in [-0.39, 0.29) is 17.2 Å². The van der Waals surface area contributed by atoms with Gasteiger partial charge in [-0.25, -0.2) is 0 Å². The number of rotatable bonds is 10. The number of para-hydroxylation sites is 3. The first-order valence-corrected chi connectivity index (χ1v) is 14.9. The lowest BCUT2D eigenvalue weighted by atomic mass is 9.85. The van der Waals surface area contributed by atoms with Crippen molar-refractivity contribution in [2.45, 2.75) is 18.8 Å². The van der Waals surface area contributed by atoms with Gasteiger partial charge in [0, 0.05) is 35.6 Å². The van der Waals surface area contributed by atoms with E-state index in [2.05, 4.69) is 16.4 Å². The predicted molar refractivity (Wildman–Crippen MR) is 177 cm³/mol. The van der Waals surface area contributed by atoms with Gasteiger partial charge in [-0.2, -0.15) is 0 Å². The van der Waals surface area contributed by atoms with Gasteiger partial charge in [0.15, 0.2) is 0 Å². The maximum absolute atomic E-state index is 14.1. The summed E-state index contributed by atoms with van der Waals surface area (Å²) in [6.45, 7) is 0.437. The fourth-order valence-electron chi connectivity index (χ4n) is 6.17. The number of pyridine rings is 1. The molecule has 8 nitrogen and oxygen atoms in total. The van der Waals surface area contributed by atoms with Crippen molar-refractivity contribution < 1.29 is 19.4 Å². The van der Waals surface area contributed by atoms with Crippen LogP contribution in [0.1, 0.15) is 45.1 Å². The Bertz CT molecular complexity index is 2060. The van der Waals surface area contributed by atoms with Crippen LogP contribution in [-0.4, -0.2) is 41.3 Å². The third kappa shape index (κ3) is 5.51. The number of aromatic amines is 1. The number of benzene rings is 4. The van der Waals surface area contributed by atoms with Crippen LogP contribution in [0.5, 0.6) is 17.2 Å². The van der Waals surface area contributed by atoms with Gasteiger partial charge in [-0.3, -0.25) is 9.59 Å². The van der Waals surface area contributed by atoms with Crippen LogP contribution in [0.3, 0.4) is 0 Å². The first-order chi connectivity index (χ1) is 21.9. The summed E-state index contributed by atoms with van der Waals surface area (Å²) in [6, 6.07) is 30.1. The summed E-state index contributed by atoms with van der Waals surface area (Å²) in [6.07, 6.45) is 1.26. The second-order valence-electron chi connectivity index (χ2n) is 11.0. The van der Waals surface area contributed by atoms with E-state index < -0.39 is 5.92 Å². The normalized spacial score (nSPS) is 11.9. The molecule has 45 heavy (non-hydrogen) atoms. The largest absolute Gasteiger partial charge is 0.507 e. The summed E-state index contributed by atoms with van der Waals surface area (Å²) in [7, 11) is 4.89. The summed E-state index contributed by atoms with van der Waals surface area (Å²) < 4.78 is 12.4. The third-order valence-corrected chi connectivity index (χ3v) is 8.42. The number of amides is 1. The summed E-state index contributed by atoms with van der Waals surface area (Å²) in [5.74, 6) is 0.365. The highest BCUT2D eigenvalue weighted by Gasteiger charge is 2.30. The second-order valence-corrected chi connectivity index (χ2v) is 11.0. The van der Waals surface area contributed by atoms with Crippen molar-refractivity contribution in [3.05, 3.63) is 135 Å². The van der Waals surface area contributed by atoms with Crippen LogP contribution in [0, 0.1) is 0 Å². The van der Waals surface area contributed by atoms with Gasteiger partial charge < -0.3 is 29.4 Å². The molecule has 0 saturated heterocycles. The molecule has 0 aliphatic heterocycles. The third-order valence-electron chi connectivity index (χ3n) is 8.42. The minimum Gasteiger partial charge on any atom is -0.507 e. The zero-order valence-electron chi connectivity index (χ0n) is 25.5. The molecule has 0 fully saturated rings. The Hall–Kier alpha value is -5.50. The van der Waals surface area contributed by atoms with Gasteiger partial charge in [-0.1, -0.05) is 54.6 Å². The SMILES string of the molecule is COc1ccc(C(c2[nH]c3ccccc3c2CCCNC(=O)c2ccccc2OC)c2c(O)c3ccccc3n(C)c2=O)cc1. The Labute approximate surface area is 260 Å². The summed E-state index contributed by atoms with van der Waals surface area (Å²) in [5, 5.41) is 16.4. The number of fused-ring (bicyclic) bond motifs is 2. The van der Waals surface area contributed by atoms with E-state index in [1.54, 1.807) is 44.0 Å². The molecule has 0 bridgehead atoms. The minimum absolute atomic E-state index is 0.0387. The number of nitrogens with one attached hydrogen (secondary N) is 2. The van der Waals surface area contributed by atoms with Crippen molar-refractivity contribution in [3.8, 4) is 17.2 Å². The first kappa shape index (κ1) is 29.6. The van der Waals surface area contributed by atoms with Gasteiger partial charge in [-0.15, -0.1) is 0 Å². The van der Waals surface area contributed by atoms with E-state index >= 15 is 0 Å². The average molecular weight is 602 g/mol. The van der Waals surface area contributed by atoms with E-state index in [1.165, 1.54) is 0 Å². The van der Waals surface area contributed by atoms with Crippen LogP contribution in [0.4, 0.5) is 0 Å². The minimum atomic E-state index is -0.607. The lowest BCUT2D eigenvalue weighted by Crippen LogP contribution is -2.26. The Morgan fingerprint density at radius 2 is 1.58 bits per heavy atom. The number of aryl methyl sites for hydroxylation is 2. The maximum atomic E-state index is 14.1. The Balaban J connectivity index is 1.44. The van der Waals surface area contributed by atoms with Gasteiger partial charge in [-0.05, 0) is 66.4 Å². The van der Waals surface area contributed by atoms with Crippen molar-refractivity contribution in [2.24, 2.45) is 7.05 Å². The molecule has 0 spiro atoms. The molecule has 2 aromatic heterocycles. The highest BCUT2D eigenvalue weighted by molar-refractivity contribution is 5.97. The number of aromatic nitrogens is 2. The molecule has 1 atom stereocenters. The standard InChI is InChI=1S/C37H35N3O5/c1-40-30-16-8-5-12-27(30)35(41)33(37(40)43)32(23-18-20-24(44-2)21-19-23)34-26(25-11-4-7-15-29(25)39-34)14-10-22-38-36(42)28-13-6-9-17-31(28)45-3/h4-9,11-13,15-21,32,39,41H,10,14,22H2,1-3H3,(H,38,42).